The highest BCUT2D eigenvalue weighted by atomic mass is 16.5. The van der Waals surface area contributed by atoms with E-state index < -0.39 is 0 Å². The molecule has 0 aliphatic heterocycles. The fourth-order valence-electron chi connectivity index (χ4n) is 1.97. The first-order valence-electron chi connectivity index (χ1n) is 7.48. The van der Waals surface area contributed by atoms with E-state index in [1.807, 2.05) is 57.2 Å². The number of benzene rings is 1. The third-order valence-corrected chi connectivity index (χ3v) is 3.39. The lowest BCUT2D eigenvalue weighted by Gasteiger charge is -2.16. The molecule has 0 saturated carbocycles. The molecule has 22 heavy (non-hydrogen) atoms. The quantitative estimate of drug-likeness (QED) is 0.888. The topological polar surface area (TPSA) is 51.2 Å². The fraction of sp³-hybridized carbons (Fsp3) is 0.333. The van der Waals surface area contributed by atoms with Crippen LogP contribution in [0.1, 0.15) is 37.9 Å². The van der Waals surface area contributed by atoms with Gasteiger partial charge in [0.15, 0.2) is 0 Å². The van der Waals surface area contributed by atoms with Gasteiger partial charge in [0.1, 0.15) is 12.4 Å². The molecule has 0 aliphatic rings. The van der Waals surface area contributed by atoms with Crippen molar-refractivity contribution < 1.29 is 9.53 Å². The Morgan fingerprint density at radius 2 is 1.91 bits per heavy atom. The summed E-state index contributed by atoms with van der Waals surface area (Å²) >= 11 is 0. The summed E-state index contributed by atoms with van der Waals surface area (Å²) in [7, 11) is 0. The van der Waals surface area contributed by atoms with Crippen molar-refractivity contribution >= 4 is 5.91 Å². The standard InChI is InChI=1S/C18H22N2O2/c1-13(2)18(21)20-14(3)16-6-8-17(9-7-16)22-12-15-5-4-10-19-11-15/h4-11,13-14H,12H2,1-3H3,(H,20,21). The van der Waals surface area contributed by atoms with Gasteiger partial charge in [-0.25, -0.2) is 0 Å². The summed E-state index contributed by atoms with van der Waals surface area (Å²) in [5.41, 5.74) is 2.09. The predicted molar refractivity (Wildman–Crippen MR) is 86.4 cm³/mol. The summed E-state index contributed by atoms with van der Waals surface area (Å²) in [6.45, 7) is 6.24. The van der Waals surface area contributed by atoms with Gasteiger partial charge in [-0.3, -0.25) is 9.78 Å². The number of aromatic nitrogens is 1. The van der Waals surface area contributed by atoms with Crippen molar-refractivity contribution in [1.29, 1.82) is 0 Å². The predicted octanol–water partition coefficient (Wildman–Crippen LogP) is 3.49. The second-order valence-corrected chi connectivity index (χ2v) is 5.60. The van der Waals surface area contributed by atoms with Gasteiger partial charge in [-0.15, -0.1) is 0 Å². The zero-order chi connectivity index (χ0) is 15.9. The molecule has 1 N–H and O–H groups in total. The van der Waals surface area contributed by atoms with Crippen LogP contribution in [0.25, 0.3) is 0 Å². The Morgan fingerprint density at radius 1 is 1.18 bits per heavy atom. The molecule has 0 saturated heterocycles. The van der Waals surface area contributed by atoms with E-state index in [1.165, 1.54) is 0 Å². The lowest BCUT2D eigenvalue weighted by Crippen LogP contribution is -2.30. The molecule has 1 aromatic carbocycles. The van der Waals surface area contributed by atoms with Gasteiger partial charge in [-0.05, 0) is 30.7 Å². The summed E-state index contributed by atoms with van der Waals surface area (Å²) in [5.74, 6) is 0.851. The molecule has 0 aliphatic carbocycles. The van der Waals surface area contributed by atoms with Crippen LogP contribution in [-0.4, -0.2) is 10.9 Å². The van der Waals surface area contributed by atoms with Crippen LogP contribution in [0.2, 0.25) is 0 Å². The molecule has 4 heteroatoms. The second kappa shape index (κ2) is 7.59. The van der Waals surface area contributed by atoms with Gasteiger partial charge in [-0.1, -0.05) is 32.0 Å². The molecule has 1 atom stereocenters. The number of carbonyl (C=O) groups is 1. The van der Waals surface area contributed by atoms with Crippen molar-refractivity contribution in [3.63, 3.8) is 0 Å². The first-order valence-corrected chi connectivity index (χ1v) is 7.48. The molecule has 0 fully saturated rings. The van der Waals surface area contributed by atoms with E-state index in [9.17, 15) is 4.79 Å². The molecule has 2 aromatic rings. The van der Waals surface area contributed by atoms with E-state index in [0.717, 1.165) is 16.9 Å². The molecule has 1 unspecified atom stereocenters. The fourth-order valence-corrected chi connectivity index (χ4v) is 1.97. The number of carbonyl (C=O) groups excluding carboxylic acids is 1. The Kier molecular flexibility index (Phi) is 5.53. The van der Waals surface area contributed by atoms with E-state index in [0.29, 0.717) is 6.61 Å². The molecule has 2 rings (SSSR count). The molecule has 0 spiro atoms. The van der Waals surface area contributed by atoms with Crippen LogP contribution in [-0.2, 0) is 11.4 Å². The minimum atomic E-state index is -0.0118. The van der Waals surface area contributed by atoms with Crippen LogP contribution in [0.3, 0.4) is 0 Å². The van der Waals surface area contributed by atoms with Gasteiger partial charge in [-0.2, -0.15) is 0 Å². The van der Waals surface area contributed by atoms with Crippen LogP contribution < -0.4 is 10.1 Å². The smallest absolute Gasteiger partial charge is 0.223 e. The molecule has 0 radical (unpaired) electrons. The van der Waals surface area contributed by atoms with Crippen molar-refractivity contribution in [3.8, 4) is 5.75 Å². The highest BCUT2D eigenvalue weighted by Gasteiger charge is 2.12. The van der Waals surface area contributed by atoms with Gasteiger partial charge >= 0.3 is 0 Å². The Hall–Kier alpha value is -2.36. The average molecular weight is 298 g/mol. The van der Waals surface area contributed by atoms with E-state index in [-0.39, 0.29) is 17.9 Å². The van der Waals surface area contributed by atoms with Gasteiger partial charge in [0.05, 0.1) is 6.04 Å². The largest absolute Gasteiger partial charge is 0.489 e. The van der Waals surface area contributed by atoms with Crippen molar-refractivity contribution in [2.24, 2.45) is 5.92 Å². The molecule has 4 nitrogen and oxygen atoms in total. The SMILES string of the molecule is CC(C)C(=O)NC(C)c1ccc(OCc2cccnc2)cc1. The number of amides is 1. The third kappa shape index (κ3) is 4.58. The van der Waals surface area contributed by atoms with E-state index in [1.54, 1.807) is 12.4 Å². The maximum Gasteiger partial charge on any atom is 0.223 e. The van der Waals surface area contributed by atoms with Gasteiger partial charge in [0.2, 0.25) is 5.91 Å². The summed E-state index contributed by atoms with van der Waals surface area (Å²) < 4.78 is 5.72. The number of hydrogen-bond acceptors (Lipinski definition) is 3. The van der Waals surface area contributed by atoms with Crippen LogP contribution in [0, 0.1) is 5.92 Å². The number of ether oxygens (including phenoxy) is 1. The van der Waals surface area contributed by atoms with Crippen LogP contribution in [0.4, 0.5) is 0 Å². The van der Waals surface area contributed by atoms with Crippen LogP contribution in [0.5, 0.6) is 5.75 Å². The van der Waals surface area contributed by atoms with E-state index in [2.05, 4.69) is 10.3 Å². The number of rotatable bonds is 6. The molecular weight excluding hydrogens is 276 g/mol. The minimum Gasteiger partial charge on any atom is -0.489 e. The van der Waals surface area contributed by atoms with Crippen molar-refractivity contribution in [2.45, 2.75) is 33.4 Å². The highest BCUT2D eigenvalue weighted by molar-refractivity contribution is 5.78. The van der Waals surface area contributed by atoms with Crippen molar-refractivity contribution in [2.75, 3.05) is 0 Å². The summed E-state index contributed by atoms with van der Waals surface area (Å²) in [6, 6.07) is 11.6. The molecule has 0 bridgehead atoms. The molecule has 1 amide bonds. The Labute approximate surface area is 131 Å². The summed E-state index contributed by atoms with van der Waals surface area (Å²) in [5, 5.41) is 2.98. The molecule has 1 aromatic heterocycles. The zero-order valence-corrected chi connectivity index (χ0v) is 13.2. The number of hydrogen-bond donors (Lipinski definition) is 1. The summed E-state index contributed by atoms with van der Waals surface area (Å²) in [6.07, 6.45) is 3.53. The Morgan fingerprint density at radius 3 is 2.50 bits per heavy atom. The monoisotopic (exact) mass is 298 g/mol. The third-order valence-electron chi connectivity index (χ3n) is 3.39. The highest BCUT2D eigenvalue weighted by Crippen LogP contribution is 2.19. The van der Waals surface area contributed by atoms with Gasteiger partial charge in [0.25, 0.3) is 0 Å². The van der Waals surface area contributed by atoms with Crippen molar-refractivity contribution in [3.05, 3.63) is 59.9 Å². The van der Waals surface area contributed by atoms with Gasteiger partial charge in [0, 0.05) is 23.9 Å². The number of nitrogens with zero attached hydrogens (tertiary/aromatic N) is 1. The number of nitrogens with one attached hydrogen (secondary N) is 1. The van der Waals surface area contributed by atoms with Gasteiger partial charge < -0.3 is 10.1 Å². The van der Waals surface area contributed by atoms with E-state index in [4.69, 9.17) is 4.74 Å². The Balaban J connectivity index is 1.91. The normalized spacial score (nSPS) is 12.0. The average Bonchev–Trinajstić information content (AvgIpc) is 2.54. The maximum atomic E-state index is 11.7. The minimum absolute atomic E-state index is 0.00969. The zero-order valence-electron chi connectivity index (χ0n) is 13.2. The summed E-state index contributed by atoms with van der Waals surface area (Å²) in [4.78, 5) is 15.8. The molecule has 1 heterocycles. The lowest BCUT2D eigenvalue weighted by molar-refractivity contribution is -0.124. The van der Waals surface area contributed by atoms with E-state index >= 15 is 0 Å². The molecule has 116 valence electrons. The molecular formula is C18H22N2O2. The maximum absolute atomic E-state index is 11.7. The van der Waals surface area contributed by atoms with Crippen molar-refractivity contribution in [1.82, 2.24) is 10.3 Å². The first-order chi connectivity index (χ1) is 10.6. The van der Waals surface area contributed by atoms with Crippen LogP contribution in [0.15, 0.2) is 48.8 Å². The number of pyridine rings is 1. The Bertz CT molecular complexity index is 594. The second-order valence-electron chi connectivity index (χ2n) is 5.60. The van der Waals surface area contributed by atoms with Crippen LogP contribution >= 0.6 is 0 Å². The lowest BCUT2D eigenvalue weighted by atomic mass is 10.1. The first kappa shape index (κ1) is 16.0.